The molecule has 4 saturated carbocycles. The summed E-state index contributed by atoms with van der Waals surface area (Å²) in [5.41, 5.74) is 1.23. The number of ether oxygens (including phenoxy) is 1. The molecular formula is C22H29NO2. The Bertz CT molecular complexity index is 605. The topological polar surface area (TPSA) is 29.5 Å². The van der Waals surface area contributed by atoms with Crippen molar-refractivity contribution >= 4 is 5.97 Å². The van der Waals surface area contributed by atoms with E-state index in [1.54, 1.807) is 0 Å². The second kappa shape index (κ2) is 6.12. The lowest BCUT2D eigenvalue weighted by Gasteiger charge is -2.55. The van der Waals surface area contributed by atoms with Crippen LogP contribution in [0.25, 0.3) is 0 Å². The number of benzene rings is 1. The minimum atomic E-state index is -0.110. The molecule has 0 amide bonds. The van der Waals surface area contributed by atoms with Gasteiger partial charge >= 0.3 is 5.97 Å². The summed E-state index contributed by atoms with van der Waals surface area (Å²) in [5.74, 6) is 2.56. The lowest BCUT2D eigenvalue weighted by molar-refractivity contribution is -0.176. The van der Waals surface area contributed by atoms with Crippen molar-refractivity contribution in [1.82, 2.24) is 4.90 Å². The Kier molecular flexibility index (Phi) is 3.89. The molecule has 3 nitrogen and oxygen atoms in total. The Hall–Kier alpha value is -1.35. The molecule has 3 heteroatoms. The summed E-state index contributed by atoms with van der Waals surface area (Å²) in [5, 5.41) is 0. The molecule has 6 rings (SSSR count). The van der Waals surface area contributed by atoms with E-state index >= 15 is 0 Å². The van der Waals surface area contributed by atoms with Crippen LogP contribution < -0.4 is 0 Å². The highest BCUT2D eigenvalue weighted by molar-refractivity contribution is 5.77. The van der Waals surface area contributed by atoms with Crippen LogP contribution in [0.3, 0.4) is 0 Å². The molecule has 25 heavy (non-hydrogen) atoms. The van der Waals surface area contributed by atoms with Crippen LogP contribution in [0.5, 0.6) is 0 Å². The first-order valence-corrected chi connectivity index (χ1v) is 10.2. The van der Waals surface area contributed by atoms with Gasteiger partial charge < -0.3 is 4.74 Å². The average molecular weight is 339 g/mol. The standard InChI is InChI=1S/C22H29NO2/c24-21(22-11-17-8-18(12-22)10-19(9-17)13-22)25-20-6-7-23(15-20)14-16-4-2-1-3-5-16/h1-5,17-20H,6-15H2/t17?,18?,19?,20-,22?/m1/s1. The lowest BCUT2D eigenvalue weighted by atomic mass is 9.49. The van der Waals surface area contributed by atoms with Gasteiger partial charge in [-0.25, -0.2) is 0 Å². The van der Waals surface area contributed by atoms with E-state index in [9.17, 15) is 4.79 Å². The molecule has 0 aromatic heterocycles. The highest BCUT2D eigenvalue weighted by atomic mass is 16.5. The minimum Gasteiger partial charge on any atom is -0.461 e. The number of likely N-dealkylation sites (tertiary alicyclic amines) is 1. The van der Waals surface area contributed by atoms with Gasteiger partial charge in [0.05, 0.1) is 5.41 Å². The van der Waals surface area contributed by atoms with Gasteiger partial charge in [0.25, 0.3) is 0 Å². The molecule has 4 aliphatic carbocycles. The molecule has 5 fully saturated rings. The Morgan fingerprint density at radius 3 is 2.32 bits per heavy atom. The molecule has 1 saturated heterocycles. The average Bonchev–Trinajstić information content (AvgIpc) is 3.01. The molecule has 1 aromatic rings. The summed E-state index contributed by atoms with van der Waals surface area (Å²) in [6.07, 6.45) is 8.55. The van der Waals surface area contributed by atoms with Gasteiger partial charge in [-0.1, -0.05) is 30.3 Å². The predicted octanol–water partition coefficient (Wildman–Crippen LogP) is 4.02. The number of hydrogen-bond donors (Lipinski definition) is 0. The Morgan fingerprint density at radius 2 is 1.68 bits per heavy atom. The van der Waals surface area contributed by atoms with Crippen molar-refractivity contribution in [1.29, 1.82) is 0 Å². The van der Waals surface area contributed by atoms with Crippen LogP contribution in [0.15, 0.2) is 30.3 Å². The Morgan fingerprint density at radius 1 is 1.04 bits per heavy atom. The molecule has 1 aliphatic heterocycles. The molecule has 1 aromatic carbocycles. The predicted molar refractivity (Wildman–Crippen MR) is 96.8 cm³/mol. The smallest absolute Gasteiger partial charge is 0.312 e. The molecule has 0 spiro atoms. The van der Waals surface area contributed by atoms with Gasteiger partial charge in [0.15, 0.2) is 0 Å². The second-order valence-electron chi connectivity index (χ2n) is 9.23. The molecule has 0 N–H and O–H groups in total. The number of carbonyl (C=O) groups excluding carboxylic acids is 1. The van der Waals surface area contributed by atoms with Gasteiger partial charge in [0.1, 0.15) is 6.10 Å². The molecule has 5 aliphatic rings. The molecule has 1 heterocycles. The molecule has 0 radical (unpaired) electrons. The quantitative estimate of drug-likeness (QED) is 0.776. The van der Waals surface area contributed by atoms with Crippen LogP contribution in [0.4, 0.5) is 0 Å². The third-order valence-corrected chi connectivity index (χ3v) is 7.22. The second-order valence-corrected chi connectivity index (χ2v) is 9.23. The van der Waals surface area contributed by atoms with Crippen molar-refractivity contribution in [3.05, 3.63) is 35.9 Å². The zero-order valence-corrected chi connectivity index (χ0v) is 15.0. The fourth-order valence-electron chi connectivity index (χ4n) is 6.52. The number of nitrogens with zero attached hydrogens (tertiary/aromatic N) is 1. The Balaban J connectivity index is 1.19. The summed E-state index contributed by atoms with van der Waals surface area (Å²) in [7, 11) is 0. The van der Waals surface area contributed by atoms with Crippen LogP contribution >= 0.6 is 0 Å². The number of hydrogen-bond acceptors (Lipinski definition) is 3. The minimum absolute atomic E-state index is 0.101. The molecule has 0 unspecified atom stereocenters. The van der Waals surface area contributed by atoms with Crippen LogP contribution in [-0.4, -0.2) is 30.1 Å². The maximum atomic E-state index is 13.1. The van der Waals surface area contributed by atoms with E-state index < -0.39 is 0 Å². The first-order chi connectivity index (χ1) is 12.2. The SMILES string of the molecule is O=C(O[C@@H]1CCN(Cc2ccccc2)C1)C12CC3CC(CC(C3)C1)C2. The Labute approximate surface area is 150 Å². The van der Waals surface area contributed by atoms with Gasteiger partial charge in [-0.2, -0.15) is 0 Å². The van der Waals surface area contributed by atoms with Crippen LogP contribution in [0.1, 0.15) is 50.5 Å². The van der Waals surface area contributed by atoms with Crippen molar-refractivity contribution in [3.8, 4) is 0 Å². The first kappa shape index (κ1) is 15.9. The third kappa shape index (κ3) is 3.01. The van der Waals surface area contributed by atoms with Gasteiger partial charge in [0, 0.05) is 19.6 Å². The zero-order chi connectivity index (χ0) is 16.9. The van der Waals surface area contributed by atoms with Crippen molar-refractivity contribution in [3.63, 3.8) is 0 Å². The van der Waals surface area contributed by atoms with Crippen molar-refractivity contribution in [2.75, 3.05) is 13.1 Å². The van der Waals surface area contributed by atoms with E-state index in [0.29, 0.717) is 0 Å². The van der Waals surface area contributed by atoms with E-state index in [1.165, 1.54) is 24.8 Å². The summed E-state index contributed by atoms with van der Waals surface area (Å²) in [4.78, 5) is 15.5. The number of rotatable bonds is 4. The van der Waals surface area contributed by atoms with Gasteiger partial charge in [-0.05, 0) is 68.3 Å². The van der Waals surface area contributed by atoms with Crippen molar-refractivity contribution in [2.45, 2.75) is 57.6 Å². The summed E-state index contributed by atoms with van der Waals surface area (Å²) >= 11 is 0. The van der Waals surface area contributed by atoms with Gasteiger partial charge in [-0.3, -0.25) is 9.69 Å². The summed E-state index contributed by atoms with van der Waals surface area (Å²) in [6, 6.07) is 10.6. The van der Waals surface area contributed by atoms with Gasteiger partial charge in [-0.15, -0.1) is 0 Å². The lowest BCUT2D eigenvalue weighted by Crippen LogP contribution is -2.51. The van der Waals surface area contributed by atoms with Crippen LogP contribution in [0, 0.1) is 23.2 Å². The van der Waals surface area contributed by atoms with Crippen molar-refractivity contribution in [2.24, 2.45) is 23.2 Å². The highest BCUT2D eigenvalue weighted by Gasteiger charge is 2.55. The monoisotopic (exact) mass is 339 g/mol. The van der Waals surface area contributed by atoms with E-state index in [0.717, 1.165) is 63.1 Å². The summed E-state index contributed by atoms with van der Waals surface area (Å²) in [6.45, 7) is 2.90. The maximum Gasteiger partial charge on any atom is 0.312 e. The highest BCUT2D eigenvalue weighted by Crippen LogP contribution is 2.60. The normalized spacial score (nSPS) is 39.7. The largest absolute Gasteiger partial charge is 0.461 e. The van der Waals surface area contributed by atoms with Gasteiger partial charge in [0.2, 0.25) is 0 Å². The zero-order valence-electron chi connectivity index (χ0n) is 15.0. The molecular weight excluding hydrogens is 310 g/mol. The fraction of sp³-hybridized carbons (Fsp3) is 0.682. The number of carbonyl (C=O) groups is 1. The fourth-order valence-corrected chi connectivity index (χ4v) is 6.52. The van der Waals surface area contributed by atoms with Crippen LogP contribution in [-0.2, 0) is 16.1 Å². The maximum absolute atomic E-state index is 13.1. The van der Waals surface area contributed by atoms with E-state index in [-0.39, 0.29) is 17.5 Å². The molecule has 4 bridgehead atoms. The number of esters is 1. The first-order valence-electron chi connectivity index (χ1n) is 10.2. The molecule has 134 valence electrons. The van der Waals surface area contributed by atoms with Crippen LogP contribution in [0.2, 0.25) is 0 Å². The third-order valence-electron chi connectivity index (χ3n) is 7.22. The van der Waals surface area contributed by atoms with E-state index in [1.807, 2.05) is 0 Å². The molecule has 1 atom stereocenters. The van der Waals surface area contributed by atoms with E-state index in [4.69, 9.17) is 4.74 Å². The summed E-state index contributed by atoms with van der Waals surface area (Å²) < 4.78 is 6.08. The van der Waals surface area contributed by atoms with E-state index in [2.05, 4.69) is 35.2 Å². The van der Waals surface area contributed by atoms with Crippen molar-refractivity contribution < 1.29 is 9.53 Å².